The van der Waals surface area contributed by atoms with Gasteiger partial charge < -0.3 is 15.4 Å². The van der Waals surface area contributed by atoms with Crippen LogP contribution in [0.4, 0.5) is 0 Å². The second kappa shape index (κ2) is 8.21. The summed E-state index contributed by atoms with van der Waals surface area (Å²) in [6.45, 7) is 9.99. The van der Waals surface area contributed by atoms with Gasteiger partial charge in [-0.2, -0.15) is 0 Å². The van der Waals surface area contributed by atoms with Crippen LogP contribution in [0.5, 0.6) is 0 Å². The van der Waals surface area contributed by atoms with Crippen molar-refractivity contribution in [3.8, 4) is 0 Å². The Balaban J connectivity index is 3.48. The molecule has 0 radical (unpaired) electrons. The second-order valence-corrected chi connectivity index (χ2v) is 4.19. The molecule has 1 atom stereocenters. The van der Waals surface area contributed by atoms with Crippen molar-refractivity contribution in [1.82, 2.24) is 4.90 Å². The van der Waals surface area contributed by atoms with E-state index in [1.54, 1.807) is 0 Å². The zero-order valence-electron chi connectivity index (χ0n) is 10.1. The van der Waals surface area contributed by atoms with E-state index in [1.807, 2.05) is 0 Å². The predicted molar refractivity (Wildman–Crippen MR) is 61.4 cm³/mol. The van der Waals surface area contributed by atoms with Crippen molar-refractivity contribution in [1.29, 1.82) is 0 Å². The summed E-state index contributed by atoms with van der Waals surface area (Å²) in [5.74, 6) is 0.624. The molecule has 2 N–H and O–H groups in total. The highest BCUT2D eigenvalue weighted by molar-refractivity contribution is 4.62. The highest BCUT2D eigenvalue weighted by Crippen LogP contribution is 2.02. The molecule has 0 aromatic rings. The van der Waals surface area contributed by atoms with Gasteiger partial charge in [-0.3, -0.25) is 0 Å². The molecule has 14 heavy (non-hydrogen) atoms. The van der Waals surface area contributed by atoms with Crippen molar-refractivity contribution in [2.45, 2.75) is 33.3 Å². The minimum Gasteiger partial charge on any atom is -0.377 e. The predicted octanol–water partition coefficient (Wildman–Crippen LogP) is 1.33. The number of hydrogen-bond donors (Lipinski definition) is 1. The Kier molecular flexibility index (Phi) is 8.14. The van der Waals surface area contributed by atoms with Crippen molar-refractivity contribution < 1.29 is 4.74 Å². The Labute approximate surface area is 88.6 Å². The number of hydrogen-bond acceptors (Lipinski definition) is 3. The maximum absolute atomic E-state index is 5.65. The van der Waals surface area contributed by atoms with Crippen LogP contribution in [-0.2, 0) is 4.74 Å². The first-order valence-corrected chi connectivity index (χ1v) is 5.60. The van der Waals surface area contributed by atoms with Crippen molar-refractivity contribution >= 4 is 0 Å². The molecule has 0 aliphatic carbocycles. The fraction of sp³-hybridized carbons (Fsp3) is 1.00. The SMILES string of the molecule is CCC(CN)CN(C)CCOC(C)C. The molecule has 0 aromatic carbocycles. The lowest BCUT2D eigenvalue weighted by Crippen LogP contribution is -2.32. The second-order valence-electron chi connectivity index (χ2n) is 4.19. The van der Waals surface area contributed by atoms with Crippen LogP contribution in [0.25, 0.3) is 0 Å². The van der Waals surface area contributed by atoms with Crippen molar-refractivity contribution in [2.24, 2.45) is 11.7 Å². The molecular weight excluding hydrogens is 176 g/mol. The molecule has 0 spiro atoms. The topological polar surface area (TPSA) is 38.5 Å². The van der Waals surface area contributed by atoms with E-state index in [4.69, 9.17) is 10.5 Å². The summed E-state index contributed by atoms with van der Waals surface area (Å²) >= 11 is 0. The van der Waals surface area contributed by atoms with Crippen LogP contribution in [0.2, 0.25) is 0 Å². The summed E-state index contributed by atoms with van der Waals surface area (Å²) in [5, 5.41) is 0. The van der Waals surface area contributed by atoms with E-state index in [-0.39, 0.29) is 0 Å². The van der Waals surface area contributed by atoms with E-state index in [1.165, 1.54) is 0 Å². The standard InChI is InChI=1S/C11H26N2O/c1-5-11(8-12)9-13(4)6-7-14-10(2)3/h10-11H,5-9,12H2,1-4H3. The first kappa shape index (κ1) is 13.9. The Hall–Kier alpha value is -0.120. The van der Waals surface area contributed by atoms with Gasteiger partial charge in [0, 0.05) is 13.1 Å². The van der Waals surface area contributed by atoms with Crippen molar-refractivity contribution in [2.75, 3.05) is 33.3 Å². The lowest BCUT2D eigenvalue weighted by molar-refractivity contribution is 0.0613. The van der Waals surface area contributed by atoms with Gasteiger partial charge in [0.2, 0.25) is 0 Å². The lowest BCUT2D eigenvalue weighted by Gasteiger charge is -2.22. The van der Waals surface area contributed by atoms with Gasteiger partial charge in [-0.15, -0.1) is 0 Å². The van der Waals surface area contributed by atoms with E-state index in [0.717, 1.165) is 32.7 Å². The summed E-state index contributed by atoms with van der Waals surface area (Å²) in [5.41, 5.74) is 5.65. The zero-order valence-corrected chi connectivity index (χ0v) is 10.1. The van der Waals surface area contributed by atoms with Gasteiger partial charge >= 0.3 is 0 Å². The van der Waals surface area contributed by atoms with Crippen LogP contribution in [0, 0.1) is 5.92 Å². The average molecular weight is 202 g/mol. The summed E-state index contributed by atoms with van der Waals surface area (Å²) in [7, 11) is 2.13. The van der Waals surface area contributed by atoms with Gasteiger partial charge in [-0.1, -0.05) is 13.3 Å². The molecule has 0 amide bonds. The normalized spacial score (nSPS) is 13.9. The van der Waals surface area contributed by atoms with Crippen molar-refractivity contribution in [3.63, 3.8) is 0 Å². The number of likely N-dealkylation sites (N-methyl/N-ethyl adjacent to an activating group) is 1. The van der Waals surface area contributed by atoms with E-state index in [0.29, 0.717) is 12.0 Å². The fourth-order valence-corrected chi connectivity index (χ4v) is 1.35. The van der Waals surface area contributed by atoms with Gasteiger partial charge in [0.1, 0.15) is 0 Å². The maximum atomic E-state index is 5.65. The van der Waals surface area contributed by atoms with Gasteiger partial charge in [-0.05, 0) is 33.4 Å². The van der Waals surface area contributed by atoms with Gasteiger partial charge in [-0.25, -0.2) is 0 Å². The summed E-state index contributed by atoms with van der Waals surface area (Å²) < 4.78 is 5.49. The van der Waals surface area contributed by atoms with E-state index in [2.05, 4.69) is 32.7 Å². The van der Waals surface area contributed by atoms with Crippen LogP contribution >= 0.6 is 0 Å². The van der Waals surface area contributed by atoms with E-state index in [9.17, 15) is 0 Å². The first-order chi connectivity index (χ1) is 6.60. The number of ether oxygens (including phenoxy) is 1. The van der Waals surface area contributed by atoms with Gasteiger partial charge in [0.05, 0.1) is 12.7 Å². The third kappa shape index (κ3) is 7.30. The number of nitrogens with zero attached hydrogens (tertiary/aromatic N) is 1. The Morgan fingerprint density at radius 2 is 2.00 bits per heavy atom. The van der Waals surface area contributed by atoms with Crippen LogP contribution in [-0.4, -0.2) is 44.3 Å². The first-order valence-electron chi connectivity index (χ1n) is 5.60. The summed E-state index contributed by atoms with van der Waals surface area (Å²) in [6, 6.07) is 0. The summed E-state index contributed by atoms with van der Waals surface area (Å²) in [6.07, 6.45) is 1.49. The van der Waals surface area contributed by atoms with Crippen LogP contribution < -0.4 is 5.73 Å². The van der Waals surface area contributed by atoms with E-state index >= 15 is 0 Å². The Morgan fingerprint density at radius 3 is 2.43 bits per heavy atom. The van der Waals surface area contributed by atoms with Crippen LogP contribution in [0.1, 0.15) is 27.2 Å². The maximum Gasteiger partial charge on any atom is 0.0596 e. The molecule has 3 heteroatoms. The molecule has 0 bridgehead atoms. The minimum atomic E-state index is 0.333. The molecule has 86 valence electrons. The largest absolute Gasteiger partial charge is 0.377 e. The summed E-state index contributed by atoms with van der Waals surface area (Å²) in [4.78, 5) is 2.30. The van der Waals surface area contributed by atoms with Gasteiger partial charge in [0.15, 0.2) is 0 Å². The highest BCUT2D eigenvalue weighted by Gasteiger charge is 2.07. The quantitative estimate of drug-likeness (QED) is 0.645. The molecule has 1 unspecified atom stereocenters. The number of rotatable bonds is 8. The lowest BCUT2D eigenvalue weighted by atomic mass is 10.1. The van der Waals surface area contributed by atoms with Crippen molar-refractivity contribution in [3.05, 3.63) is 0 Å². The highest BCUT2D eigenvalue weighted by atomic mass is 16.5. The molecule has 0 saturated heterocycles. The molecule has 0 heterocycles. The zero-order chi connectivity index (χ0) is 11.0. The minimum absolute atomic E-state index is 0.333. The van der Waals surface area contributed by atoms with Gasteiger partial charge in [0.25, 0.3) is 0 Å². The average Bonchev–Trinajstić information content (AvgIpc) is 2.13. The smallest absolute Gasteiger partial charge is 0.0596 e. The molecule has 3 nitrogen and oxygen atoms in total. The van der Waals surface area contributed by atoms with Crippen LogP contribution in [0.3, 0.4) is 0 Å². The molecule has 0 fully saturated rings. The monoisotopic (exact) mass is 202 g/mol. The molecular formula is C11H26N2O. The molecule has 0 saturated carbocycles. The molecule has 0 aromatic heterocycles. The molecule has 0 aliphatic rings. The Bertz CT molecular complexity index is 124. The third-order valence-electron chi connectivity index (χ3n) is 2.40. The van der Waals surface area contributed by atoms with E-state index < -0.39 is 0 Å². The fourth-order valence-electron chi connectivity index (χ4n) is 1.35. The van der Waals surface area contributed by atoms with Crippen LogP contribution in [0.15, 0.2) is 0 Å². The molecule has 0 rings (SSSR count). The number of nitrogens with two attached hydrogens (primary N) is 1. The molecule has 0 aliphatic heterocycles. The third-order valence-corrected chi connectivity index (χ3v) is 2.40. The Morgan fingerprint density at radius 1 is 1.36 bits per heavy atom.